The molecule has 0 bridgehead atoms. The number of halogens is 1. The Morgan fingerprint density at radius 3 is 2.82 bits per heavy atom. The van der Waals surface area contributed by atoms with E-state index in [4.69, 9.17) is 17.3 Å². The summed E-state index contributed by atoms with van der Waals surface area (Å²) in [6, 6.07) is 4.12. The normalized spacial score (nSPS) is 11.1. The zero-order valence-corrected chi connectivity index (χ0v) is 10.9. The highest BCUT2D eigenvalue weighted by molar-refractivity contribution is 6.30. The monoisotopic (exact) mass is 252 g/mol. The molecule has 2 heterocycles. The van der Waals surface area contributed by atoms with Gasteiger partial charge in [0.25, 0.3) is 0 Å². The Bertz CT molecular complexity index is 513. The van der Waals surface area contributed by atoms with Crippen LogP contribution >= 0.6 is 11.6 Å². The van der Waals surface area contributed by atoms with Gasteiger partial charge in [-0.15, -0.1) is 0 Å². The molecule has 0 amide bonds. The molecule has 0 aromatic carbocycles. The van der Waals surface area contributed by atoms with Crippen molar-refractivity contribution in [2.75, 3.05) is 6.54 Å². The van der Waals surface area contributed by atoms with Crippen molar-refractivity contribution < 1.29 is 0 Å². The summed E-state index contributed by atoms with van der Waals surface area (Å²) in [5.41, 5.74) is 8.87. The van der Waals surface area contributed by atoms with Crippen LogP contribution in [0.1, 0.15) is 17.0 Å². The topological polar surface area (TPSA) is 48.8 Å². The zero-order chi connectivity index (χ0) is 12.4. The van der Waals surface area contributed by atoms with Gasteiger partial charge in [0.15, 0.2) is 0 Å². The first-order valence-corrected chi connectivity index (χ1v) is 6.03. The molecule has 2 aromatic heterocycles. The molecule has 0 saturated heterocycles. The van der Waals surface area contributed by atoms with Crippen molar-refractivity contribution >= 4 is 11.6 Å². The fourth-order valence-corrected chi connectivity index (χ4v) is 2.24. The Morgan fingerprint density at radius 1 is 1.47 bits per heavy atom. The first kappa shape index (κ1) is 12.2. The lowest BCUT2D eigenvalue weighted by molar-refractivity contribution is 0.732. The van der Waals surface area contributed by atoms with Crippen molar-refractivity contribution in [3.05, 3.63) is 40.4 Å². The summed E-state index contributed by atoms with van der Waals surface area (Å²) < 4.78 is 3.88. The molecule has 0 aliphatic heterocycles. The van der Waals surface area contributed by atoms with Crippen LogP contribution in [0.2, 0.25) is 5.15 Å². The minimum atomic E-state index is 0.657. The SMILES string of the molecule is Cc1nn(C)c(Cl)c1Cn1cccc1CCN. The van der Waals surface area contributed by atoms with E-state index in [1.165, 1.54) is 5.69 Å². The third-order valence-corrected chi connectivity index (χ3v) is 3.40. The van der Waals surface area contributed by atoms with Crippen molar-refractivity contribution in [1.82, 2.24) is 14.3 Å². The maximum atomic E-state index is 6.22. The number of hydrogen-bond donors (Lipinski definition) is 1. The number of nitrogens with two attached hydrogens (primary N) is 1. The molecule has 2 aromatic rings. The summed E-state index contributed by atoms with van der Waals surface area (Å²) >= 11 is 6.22. The first-order valence-electron chi connectivity index (χ1n) is 5.65. The third kappa shape index (κ3) is 2.37. The molecular formula is C12H17ClN4. The average molecular weight is 253 g/mol. The van der Waals surface area contributed by atoms with E-state index in [1.54, 1.807) is 4.68 Å². The van der Waals surface area contributed by atoms with Crippen LogP contribution in [0.3, 0.4) is 0 Å². The van der Waals surface area contributed by atoms with Crippen LogP contribution in [0.25, 0.3) is 0 Å². The predicted octanol–water partition coefficient (Wildman–Crippen LogP) is 1.73. The third-order valence-electron chi connectivity index (χ3n) is 2.92. The molecule has 17 heavy (non-hydrogen) atoms. The molecule has 0 saturated carbocycles. The standard InChI is InChI=1S/C12H17ClN4/c1-9-11(12(13)16(2)15-9)8-17-7-3-4-10(17)5-6-14/h3-4,7H,5-6,8,14H2,1-2H3. The molecule has 2 rings (SSSR count). The van der Waals surface area contributed by atoms with Crippen LogP contribution in [0.4, 0.5) is 0 Å². The molecule has 4 nitrogen and oxygen atoms in total. The number of rotatable bonds is 4. The lowest BCUT2D eigenvalue weighted by Gasteiger charge is -2.08. The van der Waals surface area contributed by atoms with Gasteiger partial charge in [-0.25, -0.2) is 0 Å². The van der Waals surface area contributed by atoms with E-state index in [2.05, 4.69) is 15.7 Å². The Balaban J connectivity index is 2.28. The first-order chi connectivity index (χ1) is 8.13. The van der Waals surface area contributed by atoms with E-state index in [9.17, 15) is 0 Å². The smallest absolute Gasteiger partial charge is 0.131 e. The lowest BCUT2D eigenvalue weighted by atomic mass is 10.2. The average Bonchev–Trinajstić information content (AvgIpc) is 2.81. The van der Waals surface area contributed by atoms with Crippen LogP contribution in [0.5, 0.6) is 0 Å². The summed E-state index contributed by atoms with van der Waals surface area (Å²) in [4.78, 5) is 0. The fraction of sp³-hybridized carbons (Fsp3) is 0.417. The molecule has 0 spiro atoms. The van der Waals surface area contributed by atoms with E-state index in [0.717, 1.165) is 24.2 Å². The molecule has 0 fully saturated rings. The summed E-state index contributed by atoms with van der Waals surface area (Å²) in [5.74, 6) is 0. The van der Waals surface area contributed by atoms with E-state index >= 15 is 0 Å². The Hall–Kier alpha value is -1.26. The van der Waals surface area contributed by atoms with Crippen molar-refractivity contribution in [2.45, 2.75) is 19.9 Å². The molecule has 2 N–H and O–H groups in total. The van der Waals surface area contributed by atoms with Crippen LogP contribution in [0.15, 0.2) is 18.3 Å². The molecule has 92 valence electrons. The Kier molecular flexibility index (Phi) is 3.54. The Morgan fingerprint density at radius 2 is 2.24 bits per heavy atom. The van der Waals surface area contributed by atoms with Gasteiger partial charge in [0, 0.05) is 24.5 Å². The zero-order valence-electron chi connectivity index (χ0n) is 10.2. The van der Waals surface area contributed by atoms with Crippen molar-refractivity contribution in [3.8, 4) is 0 Å². The molecule has 5 heteroatoms. The highest BCUT2D eigenvalue weighted by atomic mass is 35.5. The van der Waals surface area contributed by atoms with Crippen molar-refractivity contribution in [3.63, 3.8) is 0 Å². The molecular weight excluding hydrogens is 236 g/mol. The predicted molar refractivity (Wildman–Crippen MR) is 69.2 cm³/mol. The number of nitrogens with zero attached hydrogens (tertiary/aromatic N) is 3. The van der Waals surface area contributed by atoms with Gasteiger partial charge < -0.3 is 10.3 Å². The van der Waals surface area contributed by atoms with Gasteiger partial charge in [-0.05, 0) is 32.0 Å². The molecule has 0 aliphatic rings. The van der Waals surface area contributed by atoms with Crippen LogP contribution < -0.4 is 5.73 Å². The Labute approximate surface area is 106 Å². The largest absolute Gasteiger partial charge is 0.347 e. The maximum Gasteiger partial charge on any atom is 0.131 e. The quantitative estimate of drug-likeness (QED) is 0.901. The van der Waals surface area contributed by atoms with Gasteiger partial charge in [0.1, 0.15) is 5.15 Å². The maximum absolute atomic E-state index is 6.22. The number of aromatic nitrogens is 3. The highest BCUT2D eigenvalue weighted by Gasteiger charge is 2.12. The van der Waals surface area contributed by atoms with E-state index < -0.39 is 0 Å². The molecule has 0 radical (unpaired) electrons. The fourth-order valence-electron chi connectivity index (χ4n) is 2.00. The van der Waals surface area contributed by atoms with Gasteiger partial charge >= 0.3 is 0 Å². The second-order valence-electron chi connectivity index (χ2n) is 4.14. The lowest BCUT2D eigenvalue weighted by Crippen LogP contribution is -2.09. The van der Waals surface area contributed by atoms with Crippen LogP contribution in [0, 0.1) is 6.92 Å². The van der Waals surface area contributed by atoms with Crippen molar-refractivity contribution in [2.24, 2.45) is 12.8 Å². The second-order valence-corrected chi connectivity index (χ2v) is 4.50. The van der Waals surface area contributed by atoms with Crippen molar-refractivity contribution in [1.29, 1.82) is 0 Å². The van der Waals surface area contributed by atoms with Gasteiger partial charge in [-0.1, -0.05) is 11.6 Å². The summed E-state index contributed by atoms with van der Waals surface area (Å²) in [7, 11) is 1.86. The van der Waals surface area contributed by atoms with Gasteiger partial charge in [0.2, 0.25) is 0 Å². The van der Waals surface area contributed by atoms with E-state index in [0.29, 0.717) is 11.7 Å². The summed E-state index contributed by atoms with van der Waals surface area (Å²) in [5, 5.41) is 5.02. The molecule has 0 atom stereocenters. The van der Waals surface area contributed by atoms with Crippen LogP contribution in [-0.2, 0) is 20.0 Å². The van der Waals surface area contributed by atoms with E-state index in [1.807, 2.05) is 26.2 Å². The minimum absolute atomic E-state index is 0.657. The van der Waals surface area contributed by atoms with Gasteiger partial charge in [0.05, 0.1) is 12.2 Å². The summed E-state index contributed by atoms with van der Waals surface area (Å²) in [6.45, 7) is 3.39. The highest BCUT2D eigenvalue weighted by Crippen LogP contribution is 2.20. The minimum Gasteiger partial charge on any atom is -0.347 e. The molecule has 0 unspecified atom stereocenters. The van der Waals surface area contributed by atoms with E-state index in [-0.39, 0.29) is 0 Å². The van der Waals surface area contributed by atoms with Gasteiger partial charge in [-0.2, -0.15) is 5.10 Å². The van der Waals surface area contributed by atoms with Gasteiger partial charge in [-0.3, -0.25) is 4.68 Å². The molecule has 0 aliphatic carbocycles. The van der Waals surface area contributed by atoms with Crippen LogP contribution in [-0.4, -0.2) is 20.9 Å². The number of aryl methyl sites for hydroxylation is 2. The summed E-state index contributed by atoms with van der Waals surface area (Å²) in [6.07, 6.45) is 2.93. The second kappa shape index (κ2) is 4.94. The number of hydrogen-bond acceptors (Lipinski definition) is 2.